The molecule has 5 heteroatoms. The van der Waals surface area contributed by atoms with E-state index in [1.807, 2.05) is 13.0 Å². The maximum atomic E-state index is 12.3. The minimum Gasteiger partial charge on any atom is -0.508 e. The van der Waals surface area contributed by atoms with Crippen molar-refractivity contribution < 1.29 is 19.4 Å². The highest BCUT2D eigenvalue weighted by molar-refractivity contribution is 5.76. The lowest BCUT2D eigenvalue weighted by atomic mass is 9.58. The molecule has 1 aromatic carbocycles. The molecule has 27 heavy (non-hydrogen) atoms. The molecule has 0 unspecified atom stereocenters. The maximum Gasteiger partial charge on any atom is 0.219 e. The van der Waals surface area contributed by atoms with Gasteiger partial charge in [0.25, 0.3) is 0 Å². The van der Waals surface area contributed by atoms with Crippen LogP contribution in [-0.2, 0) is 9.53 Å². The second kappa shape index (κ2) is 6.40. The van der Waals surface area contributed by atoms with Gasteiger partial charge in [-0.05, 0) is 60.1 Å². The molecule has 5 atom stereocenters. The van der Waals surface area contributed by atoms with Crippen LogP contribution in [0.25, 0.3) is 0 Å². The first kappa shape index (κ1) is 18.6. The van der Waals surface area contributed by atoms with Crippen molar-refractivity contribution in [2.45, 2.75) is 58.6 Å². The number of phenols is 1. The summed E-state index contributed by atoms with van der Waals surface area (Å²) in [5.74, 6) is 1.96. The fourth-order valence-electron chi connectivity index (χ4n) is 6.25. The van der Waals surface area contributed by atoms with Crippen molar-refractivity contribution in [2.75, 3.05) is 13.7 Å². The summed E-state index contributed by atoms with van der Waals surface area (Å²) in [5.41, 5.74) is 0.932. The van der Waals surface area contributed by atoms with Gasteiger partial charge < -0.3 is 19.9 Å². The summed E-state index contributed by atoms with van der Waals surface area (Å²) in [4.78, 5) is 12.3. The van der Waals surface area contributed by atoms with E-state index >= 15 is 0 Å². The van der Waals surface area contributed by atoms with Crippen LogP contribution < -0.4 is 10.1 Å². The quantitative estimate of drug-likeness (QED) is 0.842. The molecule has 4 rings (SSSR count). The Morgan fingerprint density at radius 2 is 2.19 bits per heavy atom. The Bertz CT molecular complexity index is 746. The van der Waals surface area contributed by atoms with Crippen molar-refractivity contribution >= 4 is 5.91 Å². The lowest BCUT2D eigenvalue weighted by Crippen LogP contribution is -2.58. The predicted molar refractivity (Wildman–Crippen MR) is 103 cm³/mol. The van der Waals surface area contributed by atoms with E-state index in [-0.39, 0.29) is 34.6 Å². The first-order valence-corrected chi connectivity index (χ1v) is 10.1. The van der Waals surface area contributed by atoms with Crippen molar-refractivity contribution in [3.05, 3.63) is 23.8 Å². The van der Waals surface area contributed by atoms with E-state index in [2.05, 4.69) is 19.2 Å². The molecule has 2 N–H and O–H groups in total. The number of methoxy groups -OCH3 is 1. The molecule has 148 valence electrons. The summed E-state index contributed by atoms with van der Waals surface area (Å²) >= 11 is 0. The number of hydrogen-bond donors (Lipinski definition) is 2. The SMILES string of the molecule is CCC(=O)N[C@H]1C(C)(C)[C@@H]2C[C@@H]3[C@@H](c4cc(OC)ccc4O)OCC[C@@]31C2. The molecular formula is C22H31NO4. The van der Waals surface area contributed by atoms with Crippen LogP contribution >= 0.6 is 0 Å². The molecule has 1 heterocycles. The molecule has 1 aromatic rings. The molecule has 3 fully saturated rings. The van der Waals surface area contributed by atoms with Gasteiger partial charge in [0.2, 0.25) is 5.91 Å². The van der Waals surface area contributed by atoms with Gasteiger partial charge >= 0.3 is 0 Å². The van der Waals surface area contributed by atoms with Gasteiger partial charge in [0.1, 0.15) is 11.5 Å². The van der Waals surface area contributed by atoms with Crippen LogP contribution in [0.2, 0.25) is 0 Å². The Morgan fingerprint density at radius 1 is 1.41 bits per heavy atom. The molecule has 1 spiro atoms. The minimum atomic E-state index is -0.157. The summed E-state index contributed by atoms with van der Waals surface area (Å²) in [6.45, 7) is 7.17. The van der Waals surface area contributed by atoms with Gasteiger partial charge in [0, 0.05) is 24.6 Å². The Balaban J connectivity index is 1.72. The molecule has 5 nitrogen and oxygen atoms in total. The fraction of sp³-hybridized carbons (Fsp3) is 0.682. The van der Waals surface area contributed by atoms with Crippen molar-refractivity contribution in [3.63, 3.8) is 0 Å². The van der Waals surface area contributed by atoms with Crippen LogP contribution in [0, 0.1) is 22.7 Å². The molecular weight excluding hydrogens is 342 g/mol. The molecule has 2 aliphatic carbocycles. The van der Waals surface area contributed by atoms with Crippen LogP contribution in [0.15, 0.2) is 18.2 Å². The highest BCUT2D eigenvalue weighted by atomic mass is 16.5. The second-order valence-corrected chi connectivity index (χ2v) is 9.12. The summed E-state index contributed by atoms with van der Waals surface area (Å²) < 4.78 is 11.6. The van der Waals surface area contributed by atoms with E-state index in [9.17, 15) is 9.90 Å². The Hall–Kier alpha value is -1.75. The van der Waals surface area contributed by atoms with E-state index in [0.29, 0.717) is 24.9 Å². The smallest absolute Gasteiger partial charge is 0.219 e. The van der Waals surface area contributed by atoms with Gasteiger partial charge in [-0.25, -0.2) is 0 Å². The van der Waals surface area contributed by atoms with Crippen molar-refractivity contribution in [1.82, 2.24) is 5.32 Å². The fourth-order valence-corrected chi connectivity index (χ4v) is 6.25. The number of benzene rings is 1. The number of carbonyl (C=O) groups is 1. The highest BCUT2D eigenvalue weighted by Crippen LogP contribution is 2.70. The summed E-state index contributed by atoms with van der Waals surface area (Å²) in [6, 6.07) is 5.51. The zero-order chi connectivity index (χ0) is 19.4. The standard InChI is InChI=1S/C22H31NO4/c1-5-18(25)23-20-21(2,3)13-10-16-19(27-9-8-22(16,20)12-13)15-11-14(26-4)6-7-17(15)24/h6-7,11,13,16,19-20,24H,5,8-10,12H2,1-4H3,(H,23,25)/t13-,16-,19-,20+,22-/m1/s1. The molecule has 2 saturated carbocycles. The molecule has 0 aromatic heterocycles. The van der Waals surface area contributed by atoms with Gasteiger partial charge in [0.05, 0.1) is 13.2 Å². The zero-order valence-corrected chi connectivity index (χ0v) is 16.7. The Labute approximate surface area is 161 Å². The number of rotatable bonds is 4. The van der Waals surface area contributed by atoms with Crippen molar-refractivity contribution in [1.29, 1.82) is 0 Å². The number of carbonyl (C=O) groups excluding carboxylic acids is 1. The molecule has 3 aliphatic rings. The second-order valence-electron chi connectivity index (χ2n) is 9.12. The number of fused-ring (bicyclic) bond motifs is 1. The number of amides is 1. The third kappa shape index (κ3) is 2.65. The normalized spacial score (nSPS) is 36.3. The highest BCUT2D eigenvalue weighted by Gasteiger charge is 2.68. The molecule has 2 bridgehead atoms. The molecule has 0 radical (unpaired) electrons. The average molecular weight is 373 g/mol. The van der Waals surface area contributed by atoms with Gasteiger partial charge in [0.15, 0.2) is 0 Å². The van der Waals surface area contributed by atoms with Crippen LogP contribution in [0.5, 0.6) is 11.5 Å². The van der Waals surface area contributed by atoms with E-state index in [1.165, 1.54) is 0 Å². The first-order chi connectivity index (χ1) is 12.8. The summed E-state index contributed by atoms with van der Waals surface area (Å²) in [7, 11) is 1.63. The first-order valence-electron chi connectivity index (χ1n) is 10.1. The average Bonchev–Trinajstić information content (AvgIpc) is 3.14. The zero-order valence-electron chi connectivity index (χ0n) is 16.7. The third-order valence-corrected chi connectivity index (χ3v) is 7.67. The molecule has 1 saturated heterocycles. The van der Waals surface area contributed by atoms with Gasteiger partial charge in [-0.15, -0.1) is 0 Å². The van der Waals surface area contributed by atoms with E-state index in [1.54, 1.807) is 19.2 Å². The lowest BCUT2D eigenvalue weighted by molar-refractivity contribution is -0.137. The maximum absolute atomic E-state index is 12.3. The van der Waals surface area contributed by atoms with Crippen LogP contribution in [-0.4, -0.2) is 30.8 Å². The van der Waals surface area contributed by atoms with Gasteiger partial charge in [-0.2, -0.15) is 0 Å². The third-order valence-electron chi connectivity index (χ3n) is 7.67. The number of nitrogens with one attached hydrogen (secondary N) is 1. The summed E-state index contributed by atoms with van der Waals surface area (Å²) in [5, 5.41) is 13.9. The number of aromatic hydroxyl groups is 1. The number of ether oxygens (including phenoxy) is 2. The van der Waals surface area contributed by atoms with Gasteiger partial charge in [-0.1, -0.05) is 20.8 Å². The molecule has 1 aliphatic heterocycles. The van der Waals surface area contributed by atoms with Crippen molar-refractivity contribution in [2.24, 2.45) is 22.7 Å². The predicted octanol–water partition coefficient (Wildman–Crippen LogP) is 3.81. The van der Waals surface area contributed by atoms with Crippen LogP contribution in [0.1, 0.15) is 58.1 Å². The minimum absolute atomic E-state index is 0.0391. The Morgan fingerprint density at radius 3 is 2.89 bits per heavy atom. The Kier molecular flexibility index (Phi) is 4.41. The van der Waals surface area contributed by atoms with E-state index in [0.717, 1.165) is 30.6 Å². The number of hydrogen-bond acceptors (Lipinski definition) is 4. The topological polar surface area (TPSA) is 67.8 Å². The van der Waals surface area contributed by atoms with E-state index in [4.69, 9.17) is 9.47 Å². The largest absolute Gasteiger partial charge is 0.508 e. The van der Waals surface area contributed by atoms with Crippen LogP contribution in [0.3, 0.4) is 0 Å². The van der Waals surface area contributed by atoms with E-state index < -0.39 is 0 Å². The van der Waals surface area contributed by atoms with Gasteiger partial charge in [-0.3, -0.25) is 4.79 Å². The molecule has 1 amide bonds. The van der Waals surface area contributed by atoms with Crippen molar-refractivity contribution in [3.8, 4) is 11.5 Å². The summed E-state index contributed by atoms with van der Waals surface area (Å²) in [6.07, 6.45) is 3.52. The monoisotopic (exact) mass is 373 g/mol. The lowest BCUT2D eigenvalue weighted by Gasteiger charge is -2.53. The number of phenolic OH excluding ortho intramolecular Hbond substituents is 1. The van der Waals surface area contributed by atoms with Crippen LogP contribution in [0.4, 0.5) is 0 Å².